The minimum absolute atomic E-state index is 0.213. The molecule has 0 aliphatic heterocycles. The van der Waals surface area contributed by atoms with Crippen LogP contribution in [0.1, 0.15) is 24.9 Å². The summed E-state index contributed by atoms with van der Waals surface area (Å²) in [7, 11) is 3.96. The van der Waals surface area contributed by atoms with Crippen LogP contribution in [-0.2, 0) is 0 Å². The first-order valence-corrected chi connectivity index (χ1v) is 7.75. The van der Waals surface area contributed by atoms with Gasteiger partial charge in [-0.15, -0.1) is 0 Å². The molecule has 0 heterocycles. The summed E-state index contributed by atoms with van der Waals surface area (Å²) in [5.41, 5.74) is 3.20. The van der Waals surface area contributed by atoms with E-state index in [0.29, 0.717) is 0 Å². The zero-order chi connectivity index (χ0) is 15.4. The lowest BCUT2D eigenvalue weighted by molar-refractivity contribution is 0.749. The molecule has 1 atom stereocenters. The zero-order valence-corrected chi connectivity index (χ0v) is 14.0. The van der Waals surface area contributed by atoms with Gasteiger partial charge in [0.2, 0.25) is 0 Å². The van der Waals surface area contributed by atoms with Crippen LogP contribution in [0.4, 0.5) is 11.4 Å². The van der Waals surface area contributed by atoms with Crippen LogP contribution in [0.2, 0.25) is 10.0 Å². The lowest BCUT2D eigenvalue weighted by atomic mass is 10.0. The fourth-order valence-corrected chi connectivity index (χ4v) is 2.85. The molecule has 2 aromatic carbocycles. The van der Waals surface area contributed by atoms with Gasteiger partial charge in [0.1, 0.15) is 0 Å². The van der Waals surface area contributed by atoms with E-state index in [1.165, 1.54) is 5.56 Å². The maximum Gasteiger partial charge on any atom is 0.0659 e. The van der Waals surface area contributed by atoms with Gasteiger partial charge in [-0.3, -0.25) is 0 Å². The van der Waals surface area contributed by atoms with E-state index in [2.05, 4.69) is 24.4 Å². The van der Waals surface area contributed by atoms with E-state index in [1.807, 2.05) is 49.3 Å². The van der Waals surface area contributed by atoms with Crippen molar-refractivity contribution in [1.82, 2.24) is 0 Å². The van der Waals surface area contributed by atoms with E-state index >= 15 is 0 Å². The average Bonchev–Trinajstić information content (AvgIpc) is 2.44. The van der Waals surface area contributed by atoms with Crippen molar-refractivity contribution >= 4 is 34.6 Å². The van der Waals surface area contributed by atoms with Crippen molar-refractivity contribution in [3.63, 3.8) is 0 Å². The van der Waals surface area contributed by atoms with Gasteiger partial charge in [0.15, 0.2) is 0 Å². The molecule has 1 unspecified atom stereocenters. The van der Waals surface area contributed by atoms with Crippen molar-refractivity contribution in [1.29, 1.82) is 0 Å². The second-order valence-corrected chi connectivity index (χ2v) is 6.06. The molecule has 112 valence electrons. The SMILES string of the molecule is CCC(Nc1ccc(N(C)C)c(Cl)c1)c1cccc(Cl)c1. The summed E-state index contributed by atoms with van der Waals surface area (Å²) in [5, 5.41) is 5.02. The van der Waals surface area contributed by atoms with Gasteiger partial charge in [0.05, 0.1) is 16.8 Å². The molecule has 1 N–H and O–H groups in total. The van der Waals surface area contributed by atoms with Crippen molar-refractivity contribution in [2.45, 2.75) is 19.4 Å². The number of anilines is 2. The molecule has 2 rings (SSSR count). The molecule has 0 spiro atoms. The third kappa shape index (κ3) is 4.05. The second kappa shape index (κ2) is 7.06. The Hall–Kier alpha value is -1.38. The summed E-state index contributed by atoms with van der Waals surface area (Å²) < 4.78 is 0. The molecule has 2 aromatic rings. The fraction of sp³-hybridized carbons (Fsp3) is 0.294. The summed E-state index contributed by atoms with van der Waals surface area (Å²) >= 11 is 12.4. The fourth-order valence-electron chi connectivity index (χ4n) is 2.30. The van der Waals surface area contributed by atoms with Crippen LogP contribution in [0, 0.1) is 0 Å². The summed E-state index contributed by atoms with van der Waals surface area (Å²) in [5.74, 6) is 0. The quantitative estimate of drug-likeness (QED) is 0.768. The molecular weight excluding hydrogens is 303 g/mol. The Morgan fingerprint density at radius 2 is 1.86 bits per heavy atom. The Labute approximate surface area is 136 Å². The van der Waals surface area contributed by atoms with E-state index in [-0.39, 0.29) is 6.04 Å². The van der Waals surface area contributed by atoms with E-state index in [1.54, 1.807) is 0 Å². The zero-order valence-electron chi connectivity index (χ0n) is 12.5. The van der Waals surface area contributed by atoms with Crippen LogP contribution in [0.15, 0.2) is 42.5 Å². The molecule has 0 aromatic heterocycles. The minimum Gasteiger partial charge on any atom is -0.378 e. The summed E-state index contributed by atoms with van der Waals surface area (Å²) in [6, 6.07) is 14.2. The molecule has 0 saturated carbocycles. The molecular formula is C17H20Cl2N2. The summed E-state index contributed by atoms with van der Waals surface area (Å²) in [6.45, 7) is 2.15. The molecule has 4 heteroatoms. The molecule has 0 amide bonds. The van der Waals surface area contributed by atoms with Gasteiger partial charge in [0, 0.05) is 24.8 Å². The number of hydrogen-bond acceptors (Lipinski definition) is 2. The van der Waals surface area contributed by atoms with E-state index < -0.39 is 0 Å². The number of nitrogens with one attached hydrogen (secondary N) is 1. The largest absolute Gasteiger partial charge is 0.378 e. The third-order valence-electron chi connectivity index (χ3n) is 3.43. The van der Waals surface area contributed by atoms with Crippen molar-refractivity contribution < 1.29 is 0 Å². The van der Waals surface area contributed by atoms with Crippen LogP contribution < -0.4 is 10.2 Å². The van der Waals surface area contributed by atoms with Gasteiger partial charge in [-0.25, -0.2) is 0 Å². The Kier molecular flexibility index (Phi) is 5.38. The molecule has 21 heavy (non-hydrogen) atoms. The molecule has 0 bridgehead atoms. The highest BCUT2D eigenvalue weighted by Gasteiger charge is 2.11. The average molecular weight is 323 g/mol. The molecule has 0 radical (unpaired) electrons. The minimum atomic E-state index is 0.213. The van der Waals surface area contributed by atoms with E-state index in [4.69, 9.17) is 23.2 Å². The lowest BCUT2D eigenvalue weighted by Gasteiger charge is -2.21. The lowest BCUT2D eigenvalue weighted by Crippen LogP contribution is -2.11. The Balaban J connectivity index is 2.21. The highest BCUT2D eigenvalue weighted by molar-refractivity contribution is 6.33. The van der Waals surface area contributed by atoms with Crippen LogP contribution in [0.3, 0.4) is 0 Å². The first-order chi connectivity index (χ1) is 10.0. The normalized spacial score (nSPS) is 12.0. The van der Waals surface area contributed by atoms with Crippen molar-refractivity contribution in [3.8, 4) is 0 Å². The Morgan fingerprint density at radius 3 is 2.43 bits per heavy atom. The Bertz CT molecular complexity index is 611. The maximum absolute atomic E-state index is 6.32. The number of nitrogens with zero attached hydrogens (tertiary/aromatic N) is 1. The first-order valence-electron chi connectivity index (χ1n) is 7.00. The smallest absolute Gasteiger partial charge is 0.0659 e. The standard InChI is InChI=1S/C17H20Cl2N2/c1-4-16(12-6-5-7-13(18)10-12)20-14-8-9-17(21(2)3)15(19)11-14/h5-11,16,20H,4H2,1-3H3. The van der Waals surface area contributed by atoms with Gasteiger partial charge in [-0.05, 0) is 42.3 Å². The van der Waals surface area contributed by atoms with Gasteiger partial charge < -0.3 is 10.2 Å². The predicted octanol–water partition coefficient (Wildman–Crippen LogP) is 5.62. The molecule has 0 fully saturated rings. The van der Waals surface area contributed by atoms with E-state index in [9.17, 15) is 0 Å². The monoisotopic (exact) mass is 322 g/mol. The second-order valence-electron chi connectivity index (χ2n) is 5.22. The molecule has 2 nitrogen and oxygen atoms in total. The van der Waals surface area contributed by atoms with Gasteiger partial charge in [-0.2, -0.15) is 0 Å². The molecule has 0 saturated heterocycles. The predicted molar refractivity (Wildman–Crippen MR) is 93.9 cm³/mol. The number of halogens is 2. The highest BCUT2D eigenvalue weighted by Crippen LogP contribution is 2.30. The summed E-state index contributed by atoms with van der Waals surface area (Å²) in [6.07, 6.45) is 0.966. The first kappa shape index (κ1) is 16.0. The van der Waals surface area contributed by atoms with Crippen LogP contribution in [0.5, 0.6) is 0 Å². The molecule has 0 aliphatic rings. The number of benzene rings is 2. The highest BCUT2D eigenvalue weighted by atomic mass is 35.5. The van der Waals surface area contributed by atoms with Crippen LogP contribution in [-0.4, -0.2) is 14.1 Å². The van der Waals surface area contributed by atoms with Crippen molar-refractivity contribution in [2.75, 3.05) is 24.3 Å². The summed E-state index contributed by atoms with van der Waals surface area (Å²) in [4.78, 5) is 2.00. The van der Waals surface area contributed by atoms with Gasteiger partial charge >= 0.3 is 0 Å². The van der Waals surface area contributed by atoms with Crippen LogP contribution in [0.25, 0.3) is 0 Å². The van der Waals surface area contributed by atoms with Gasteiger partial charge in [0.25, 0.3) is 0 Å². The Morgan fingerprint density at radius 1 is 1.10 bits per heavy atom. The van der Waals surface area contributed by atoms with Crippen LogP contribution >= 0.6 is 23.2 Å². The van der Waals surface area contributed by atoms with Gasteiger partial charge in [-0.1, -0.05) is 42.3 Å². The molecule has 0 aliphatic carbocycles. The third-order valence-corrected chi connectivity index (χ3v) is 3.97. The topological polar surface area (TPSA) is 15.3 Å². The van der Waals surface area contributed by atoms with E-state index in [0.717, 1.165) is 27.8 Å². The number of hydrogen-bond donors (Lipinski definition) is 1. The maximum atomic E-state index is 6.32. The van der Waals surface area contributed by atoms with Crippen molar-refractivity contribution in [3.05, 3.63) is 58.1 Å². The number of rotatable bonds is 5. The van der Waals surface area contributed by atoms with Crippen molar-refractivity contribution in [2.24, 2.45) is 0 Å².